The highest BCUT2D eigenvalue weighted by Gasteiger charge is 2.27. The second-order valence-corrected chi connectivity index (χ2v) is 7.27. The Morgan fingerprint density at radius 2 is 1.92 bits per heavy atom. The van der Waals surface area contributed by atoms with Crippen molar-refractivity contribution < 1.29 is 14.2 Å². The van der Waals surface area contributed by atoms with E-state index in [0.29, 0.717) is 24.3 Å². The Balaban J connectivity index is 1.58. The van der Waals surface area contributed by atoms with Crippen LogP contribution < -0.4 is 10.2 Å². The number of piperidine rings is 1. The summed E-state index contributed by atoms with van der Waals surface area (Å²) in [6, 6.07) is 9.84. The Kier molecular flexibility index (Phi) is 5.00. The van der Waals surface area contributed by atoms with E-state index in [4.69, 9.17) is 4.52 Å². The molecule has 2 heterocycles. The summed E-state index contributed by atoms with van der Waals surface area (Å²) >= 11 is 0. The van der Waals surface area contributed by atoms with Gasteiger partial charge in [0, 0.05) is 23.5 Å². The Morgan fingerprint density at radius 1 is 1.25 bits per heavy atom. The van der Waals surface area contributed by atoms with Crippen LogP contribution >= 0.6 is 0 Å². The van der Waals surface area contributed by atoms with Gasteiger partial charge in [-0.2, -0.15) is 0 Å². The van der Waals surface area contributed by atoms with Crippen molar-refractivity contribution in [1.82, 2.24) is 5.16 Å². The topological polar surface area (TPSA) is 59.6 Å². The lowest BCUT2D eigenvalue weighted by Gasteiger charge is -2.31. The average Bonchev–Trinajstić information content (AvgIpc) is 2.95. The van der Waals surface area contributed by atoms with Gasteiger partial charge >= 0.3 is 0 Å². The first-order valence-electron chi connectivity index (χ1n) is 8.67. The lowest BCUT2D eigenvalue weighted by molar-refractivity contribution is -0.904. The molecule has 1 unspecified atom stereocenters. The maximum atomic E-state index is 12.3. The number of amides is 1. The van der Waals surface area contributed by atoms with Gasteiger partial charge < -0.3 is 9.42 Å². The molecular weight excluding hydrogens is 302 g/mol. The summed E-state index contributed by atoms with van der Waals surface area (Å²) in [7, 11) is 0. The van der Waals surface area contributed by atoms with Crippen LogP contribution in [0.5, 0.6) is 0 Å². The van der Waals surface area contributed by atoms with Crippen molar-refractivity contribution >= 4 is 11.8 Å². The van der Waals surface area contributed by atoms with E-state index >= 15 is 0 Å². The third-order valence-corrected chi connectivity index (χ3v) is 4.61. The van der Waals surface area contributed by atoms with Crippen molar-refractivity contribution in [3.05, 3.63) is 35.9 Å². The summed E-state index contributed by atoms with van der Waals surface area (Å²) < 4.78 is 5.26. The molecule has 1 amide bonds. The zero-order chi connectivity index (χ0) is 17.1. The van der Waals surface area contributed by atoms with Gasteiger partial charge in [0.1, 0.15) is 5.69 Å². The smallest absolute Gasteiger partial charge is 0.281 e. The minimum absolute atomic E-state index is 0.0158. The molecule has 3 atom stereocenters. The number of rotatable bonds is 4. The number of aryl methyl sites for hydroxylation is 1. The maximum absolute atomic E-state index is 12.3. The fourth-order valence-electron chi connectivity index (χ4n) is 3.67. The lowest BCUT2D eigenvalue weighted by Crippen LogP contribution is -3.15. The molecule has 1 aromatic carbocycles. The van der Waals surface area contributed by atoms with Gasteiger partial charge in [0.15, 0.2) is 6.54 Å². The van der Waals surface area contributed by atoms with Crippen LogP contribution in [0.15, 0.2) is 34.9 Å². The Labute approximate surface area is 143 Å². The number of likely N-dealkylation sites (tertiary alicyclic amines) is 1. The van der Waals surface area contributed by atoms with Gasteiger partial charge in [-0.1, -0.05) is 48.8 Å². The summed E-state index contributed by atoms with van der Waals surface area (Å²) in [6.07, 6.45) is 1.26. The Bertz CT molecular complexity index is 683. The van der Waals surface area contributed by atoms with Crippen LogP contribution in [0.3, 0.4) is 0 Å². The maximum Gasteiger partial charge on any atom is 0.281 e. The van der Waals surface area contributed by atoms with Crippen LogP contribution in [0.4, 0.5) is 5.88 Å². The fraction of sp³-hybridized carbons (Fsp3) is 0.474. The van der Waals surface area contributed by atoms with Crippen molar-refractivity contribution in [3.63, 3.8) is 0 Å². The number of carbonyl (C=O) groups is 1. The molecule has 1 fully saturated rings. The number of hydrogen-bond acceptors (Lipinski definition) is 3. The zero-order valence-corrected chi connectivity index (χ0v) is 14.6. The van der Waals surface area contributed by atoms with E-state index in [0.717, 1.165) is 24.3 Å². The lowest BCUT2D eigenvalue weighted by atomic mass is 9.92. The third-order valence-electron chi connectivity index (χ3n) is 4.61. The quantitative estimate of drug-likeness (QED) is 0.904. The van der Waals surface area contributed by atoms with Crippen molar-refractivity contribution in [2.75, 3.05) is 25.0 Å². The number of nitrogens with one attached hydrogen (secondary N) is 2. The molecule has 2 aromatic rings. The van der Waals surface area contributed by atoms with Crippen molar-refractivity contribution in [3.8, 4) is 11.3 Å². The number of hydrogen-bond donors (Lipinski definition) is 2. The van der Waals surface area contributed by atoms with Gasteiger partial charge in [-0.25, -0.2) is 0 Å². The predicted molar refractivity (Wildman–Crippen MR) is 93.8 cm³/mol. The first-order chi connectivity index (χ1) is 11.5. The minimum atomic E-state index is -0.0158. The molecule has 128 valence electrons. The van der Waals surface area contributed by atoms with Crippen molar-refractivity contribution in [2.24, 2.45) is 11.8 Å². The van der Waals surface area contributed by atoms with Crippen LogP contribution in [-0.2, 0) is 4.79 Å². The first-order valence-corrected chi connectivity index (χ1v) is 8.67. The Morgan fingerprint density at radius 3 is 2.58 bits per heavy atom. The van der Waals surface area contributed by atoms with E-state index in [1.54, 1.807) is 6.07 Å². The summed E-state index contributed by atoms with van der Waals surface area (Å²) in [4.78, 5) is 13.6. The largest absolute Gasteiger partial charge is 0.338 e. The van der Waals surface area contributed by atoms with E-state index in [2.05, 4.69) is 24.3 Å². The highest BCUT2D eigenvalue weighted by molar-refractivity contribution is 5.90. The SMILES string of the molecule is Cc1ccc(-c2cc(NC(=O)C[NH+]3C[C@H](C)C[C@H](C)C3)on2)cc1. The van der Waals surface area contributed by atoms with Gasteiger partial charge in [0.25, 0.3) is 5.91 Å². The Hall–Kier alpha value is -2.14. The number of carbonyl (C=O) groups excluding carboxylic acids is 1. The molecular formula is C19H26N3O2+. The van der Waals surface area contributed by atoms with Crippen molar-refractivity contribution in [1.29, 1.82) is 0 Å². The molecule has 0 radical (unpaired) electrons. The summed E-state index contributed by atoms with van der Waals surface area (Å²) in [5.41, 5.74) is 2.91. The number of anilines is 1. The van der Waals surface area contributed by atoms with Crippen LogP contribution in [0, 0.1) is 18.8 Å². The molecule has 3 rings (SSSR count). The molecule has 5 heteroatoms. The normalized spacial score (nSPS) is 23.9. The van der Waals surface area contributed by atoms with E-state index < -0.39 is 0 Å². The minimum Gasteiger partial charge on any atom is -0.338 e. The molecule has 0 saturated carbocycles. The van der Waals surface area contributed by atoms with Gasteiger partial charge in [-0.15, -0.1) is 0 Å². The summed E-state index contributed by atoms with van der Waals surface area (Å²) in [6.45, 7) is 9.17. The highest BCUT2D eigenvalue weighted by Crippen LogP contribution is 2.21. The van der Waals surface area contributed by atoms with E-state index in [1.807, 2.05) is 31.2 Å². The predicted octanol–water partition coefficient (Wildman–Crippen LogP) is 2.15. The second-order valence-electron chi connectivity index (χ2n) is 7.27. The highest BCUT2D eigenvalue weighted by atomic mass is 16.5. The number of aromatic nitrogens is 1. The second kappa shape index (κ2) is 7.18. The van der Waals surface area contributed by atoms with Crippen molar-refractivity contribution in [2.45, 2.75) is 27.2 Å². The van der Waals surface area contributed by atoms with Crippen LogP contribution in [-0.4, -0.2) is 30.7 Å². The molecule has 1 aliphatic rings. The zero-order valence-electron chi connectivity index (χ0n) is 14.6. The fourth-order valence-corrected chi connectivity index (χ4v) is 3.67. The van der Waals surface area contributed by atoms with E-state index in [-0.39, 0.29) is 5.91 Å². The molecule has 2 N–H and O–H groups in total. The van der Waals surface area contributed by atoms with Gasteiger partial charge in [-0.3, -0.25) is 10.1 Å². The standard InChI is InChI=1S/C19H25N3O2/c1-13-4-6-16(7-5-13)17-9-19(24-21-17)20-18(23)12-22-10-14(2)8-15(3)11-22/h4-7,9,14-15H,8,10-12H2,1-3H3,(H,20,23)/p+1/t14-,15+. The molecule has 1 saturated heterocycles. The monoisotopic (exact) mass is 328 g/mol. The van der Waals surface area contributed by atoms with Gasteiger partial charge in [0.2, 0.25) is 5.88 Å². The number of quaternary nitrogens is 1. The van der Waals surface area contributed by atoms with E-state index in [9.17, 15) is 4.79 Å². The summed E-state index contributed by atoms with van der Waals surface area (Å²) in [5, 5.41) is 6.88. The van der Waals surface area contributed by atoms with Crippen LogP contribution in [0.25, 0.3) is 11.3 Å². The molecule has 1 aliphatic heterocycles. The molecule has 0 spiro atoms. The summed E-state index contributed by atoms with van der Waals surface area (Å²) in [5.74, 6) is 1.75. The molecule has 24 heavy (non-hydrogen) atoms. The van der Waals surface area contributed by atoms with Crippen LogP contribution in [0.2, 0.25) is 0 Å². The molecule has 1 aromatic heterocycles. The molecule has 0 bridgehead atoms. The van der Waals surface area contributed by atoms with Gasteiger partial charge in [0.05, 0.1) is 13.1 Å². The third kappa shape index (κ3) is 4.23. The first kappa shape index (κ1) is 16.7. The number of benzene rings is 1. The van der Waals surface area contributed by atoms with Gasteiger partial charge in [-0.05, 0) is 13.3 Å². The molecule has 5 nitrogen and oxygen atoms in total. The van der Waals surface area contributed by atoms with Crippen LogP contribution in [0.1, 0.15) is 25.8 Å². The number of nitrogens with zero attached hydrogens (tertiary/aromatic N) is 1. The molecule has 0 aliphatic carbocycles. The average molecular weight is 328 g/mol. The van der Waals surface area contributed by atoms with E-state index in [1.165, 1.54) is 16.9 Å².